The van der Waals surface area contributed by atoms with E-state index in [9.17, 15) is 0 Å². The van der Waals surface area contributed by atoms with Gasteiger partial charge < -0.3 is 18.0 Å². The van der Waals surface area contributed by atoms with Crippen LogP contribution < -0.4 is 0 Å². The van der Waals surface area contributed by atoms with E-state index in [1.165, 1.54) is 54.6 Å². The van der Waals surface area contributed by atoms with Gasteiger partial charge in [0, 0.05) is 66.4 Å². The first-order valence-corrected chi connectivity index (χ1v) is 17.9. The Hall–Kier alpha value is -6.78. The Kier molecular flexibility index (Phi) is 5.58. The molecule has 0 spiro atoms. The topological polar surface area (TPSA) is 36.1 Å². The molecule has 1 aliphatic carbocycles. The highest BCUT2D eigenvalue weighted by atomic mass is 16.3. The molecule has 0 radical (unpaired) electrons. The summed E-state index contributed by atoms with van der Waals surface area (Å²) in [6, 6.07) is 52.3. The highest BCUT2D eigenvalue weighted by Crippen LogP contribution is 2.41. The second kappa shape index (κ2) is 10.4. The summed E-state index contributed by atoms with van der Waals surface area (Å²) in [6.07, 6.45) is 7.95. The van der Waals surface area contributed by atoms with Crippen molar-refractivity contribution >= 4 is 93.1 Å². The third-order valence-corrected chi connectivity index (χ3v) is 11.2. The molecular weight excluding hydrogens is 637 g/mol. The summed E-state index contributed by atoms with van der Waals surface area (Å²) in [7, 11) is 0. The lowest BCUT2D eigenvalue weighted by Gasteiger charge is -2.21. The van der Waals surface area contributed by atoms with E-state index in [0.717, 1.165) is 56.1 Å². The van der Waals surface area contributed by atoms with Crippen molar-refractivity contribution in [3.63, 3.8) is 0 Å². The Morgan fingerprint density at radius 3 is 1.65 bits per heavy atom. The van der Waals surface area contributed by atoms with Gasteiger partial charge in [-0.15, -0.1) is 0 Å². The summed E-state index contributed by atoms with van der Waals surface area (Å²) in [5.74, 6) is 0. The molecule has 1 aliphatic rings. The zero-order valence-corrected chi connectivity index (χ0v) is 28.1. The van der Waals surface area contributed by atoms with Gasteiger partial charge in [0.05, 0.1) is 22.6 Å². The fraction of sp³-hybridized carbons (Fsp3) is 0.0417. The smallest absolute Gasteiger partial charge is 0.137 e. The summed E-state index contributed by atoms with van der Waals surface area (Å²) in [4.78, 5) is 0. The number of hydrogen-bond donors (Lipinski definition) is 0. The van der Waals surface area contributed by atoms with Crippen molar-refractivity contribution in [2.45, 2.75) is 12.5 Å². The fourth-order valence-electron chi connectivity index (χ4n) is 8.86. The Bertz CT molecular complexity index is 3320. The molecule has 0 fully saturated rings. The maximum absolute atomic E-state index is 6.34. The minimum absolute atomic E-state index is 0.194. The van der Waals surface area contributed by atoms with Crippen LogP contribution in [0.25, 0.3) is 98.7 Å². The van der Waals surface area contributed by atoms with Crippen molar-refractivity contribution in [3.05, 3.63) is 169 Å². The number of aromatic nitrogens is 2. The van der Waals surface area contributed by atoms with Crippen LogP contribution in [0.15, 0.2) is 173 Å². The minimum atomic E-state index is 0.194. The van der Waals surface area contributed by atoms with Gasteiger partial charge in [0.25, 0.3) is 0 Å². The molecule has 0 aliphatic heterocycles. The Morgan fingerprint density at radius 1 is 0.442 bits per heavy atom. The van der Waals surface area contributed by atoms with E-state index >= 15 is 0 Å². The number of furan rings is 2. The van der Waals surface area contributed by atoms with Gasteiger partial charge in [-0.1, -0.05) is 103 Å². The molecule has 0 amide bonds. The first kappa shape index (κ1) is 28.0. The molecule has 0 bridgehead atoms. The summed E-state index contributed by atoms with van der Waals surface area (Å²) < 4.78 is 17.5. The van der Waals surface area contributed by atoms with Crippen LogP contribution in [-0.2, 0) is 0 Å². The van der Waals surface area contributed by atoms with Crippen LogP contribution in [0, 0.1) is 0 Å². The zero-order chi connectivity index (χ0) is 33.9. The van der Waals surface area contributed by atoms with Gasteiger partial charge in [0.15, 0.2) is 0 Å². The van der Waals surface area contributed by atoms with Crippen LogP contribution in [0.1, 0.15) is 18.0 Å². The van der Waals surface area contributed by atoms with Crippen LogP contribution >= 0.6 is 0 Å². The first-order valence-electron chi connectivity index (χ1n) is 17.9. The van der Waals surface area contributed by atoms with Crippen LogP contribution in [0.5, 0.6) is 0 Å². The molecule has 1 unspecified atom stereocenters. The molecular formula is C48H30N2O2. The van der Waals surface area contributed by atoms with Gasteiger partial charge in [-0.05, 0) is 66.1 Å². The average molecular weight is 667 g/mol. The first-order chi connectivity index (χ1) is 25.8. The van der Waals surface area contributed by atoms with Crippen molar-refractivity contribution < 1.29 is 8.83 Å². The molecule has 0 N–H and O–H groups in total. The highest BCUT2D eigenvalue weighted by Gasteiger charge is 2.21. The number of fused-ring (bicyclic) bond motifs is 12. The highest BCUT2D eigenvalue weighted by molar-refractivity contribution is 6.18. The molecule has 4 nitrogen and oxygen atoms in total. The molecule has 4 aromatic heterocycles. The minimum Gasteiger partial charge on any atom is -0.456 e. The molecule has 1 atom stereocenters. The lowest BCUT2D eigenvalue weighted by Crippen LogP contribution is -2.08. The lowest BCUT2D eigenvalue weighted by atomic mass is 9.96. The summed E-state index contributed by atoms with van der Waals surface area (Å²) in [6.45, 7) is 0. The quantitative estimate of drug-likeness (QED) is 0.188. The number of rotatable bonds is 3. The third kappa shape index (κ3) is 3.86. The largest absolute Gasteiger partial charge is 0.456 e. The van der Waals surface area contributed by atoms with Gasteiger partial charge in [-0.25, -0.2) is 0 Å². The normalized spacial score (nSPS) is 15.1. The van der Waals surface area contributed by atoms with Crippen LogP contribution in [0.4, 0.5) is 0 Å². The molecule has 0 saturated carbocycles. The van der Waals surface area contributed by atoms with Crippen LogP contribution in [-0.4, -0.2) is 9.13 Å². The van der Waals surface area contributed by atoms with Crippen molar-refractivity contribution in [2.24, 2.45) is 0 Å². The molecule has 7 aromatic carbocycles. The molecule has 244 valence electrons. The van der Waals surface area contributed by atoms with Crippen LogP contribution in [0.2, 0.25) is 0 Å². The SMILES string of the molecule is C1=CC(n2c3ccccc3c3cc4c(cc32)oc2ccccc24)CC=C1c1ccc(-n2c3ccccc3c3cc4c(cc32)oc2ccccc24)cc1. The molecule has 12 rings (SSSR count). The second-order valence-corrected chi connectivity index (χ2v) is 14.0. The predicted molar refractivity (Wildman–Crippen MR) is 216 cm³/mol. The van der Waals surface area contributed by atoms with E-state index in [-0.39, 0.29) is 6.04 Å². The van der Waals surface area contributed by atoms with E-state index < -0.39 is 0 Å². The Morgan fingerprint density at radius 2 is 1.00 bits per heavy atom. The number of benzene rings is 7. The number of hydrogen-bond acceptors (Lipinski definition) is 2. The maximum Gasteiger partial charge on any atom is 0.137 e. The standard InChI is InChI=1S/C48H30N2O2/c1-5-13-41-33(9-1)37-25-39-35-11-3-7-15-45(35)51-47(39)27-43(37)49(41)31-21-17-29(18-22-31)30-19-23-32(24-20-30)50-42-14-6-2-10-34(42)38-26-40-36-12-4-8-16-46(36)52-48(40)28-44(38)50/h1-23,25-28,32H,24H2. The molecule has 4 heteroatoms. The Balaban J connectivity index is 0.921. The van der Waals surface area contributed by atoms with Crippen molar-refractivity contribution in [1.29, 1.82) is 0 Å². The average Bonchev–Trinajstić information content (AvgIpc) is 3.93. The van der Waals surface area contributed by atoms with Gasteiger partial charge in [0.2, 0.25) is 0 Å². The van der Waals surface area contributed by atoms with Gasteiger partial charge in [0.1, 0.15) is 22.3 Å². The predicted octanol–water partition coefficient (Wildman–Crippen LogP) is 13.3. The number of nitrogens with zero attached hydrogens (tertiary/aromatic N) is 2. The van der Waals surface area contributed by atoms with Gasteiger partial charge in [-0.3, -0.25) is 0 Å². The van der Waals surface area contributed by atoms with Crippen molar-refractivity contribution in [2.75, 3.05) is 0 Å². The molecule has 11 aromatic rings. The monoisotopic (exact) mass is 666 g/mol. The molecule has 0 saturated heterocycles. The third-order valence-electron chi connectivity index (χ3n) is 11.2. The fourth-order valence-corrected chi connectivity index (χ4v) is 8.86. The van der Waals surface area contributed by atoms with Crippen LogP contribution in [0.3, 0.4) is 0 Å². The summed E-state index contributed by atoms with van der Waals surface area (Å²) in [5.41, 5.74) is 12.1. The maximum atomic E-state index is 6.34. The zero-order valence-electron chi connectivity index (χ0n) is 28.1. The van der Waals surface area contributed by atoms with E-state index in [1.54, 1.807) is 0 Å². The lowest BCUT2D eigenvalue weighted by molar-refractivity contribution is 0.647. The van der Waals surface area contributed by atoms with Gasteiger partial charge in [-0.2, -0.15) is 0 Å². The molecule has 52 heavy (non-hydrogen) atoms. The van der Waals surface area contributed by atoms with E-state index in [4.69, 9.17) is 8.83 Å². The summed E-state index contributed by atoms with van der Waals surface area (Å²) in [5, 5.41) is 9.64. The van der Waals surface area contributed by atoms with Gasteiger partial charge >= 0.3 is 0 Å². The Labute approximate surface area is 297 Å². The van der Waals surface area contributed by atoms with E-state index in [0.29, 0.717) is 0 Å². The van der Waals surface area contributed by atoms with Crippen molar-refractivity contribution in [1.82, 2.24) is 9.13 Å². The summed E-state index contributed by atoms with van der Waals surface area (Å²) >= 11 is 0. The molecule has 4 heterocycles. The van der Waals surface area contributed by atoms with E-state index in [1.807, 2.05) is 18.2 Å². The number of para-hydroxylation sites is 4. The number of allylic oxidation sites excluding steroid dienone is 4. The van der Waals surface area contributed by atoms with Crippen molar-refractivity contribution in [3.8, 4) is 5.69 Å². The second-order valence-electron chi connectivity index (χ2n) is 14.0. The van der Waals surface area contributed by atoms with E-state index in [2.05, 4.69) is 155 Å².